The van der Waals surface area contributed by atoms with Crippen molar-refractivity contribution in [2.24, 2.45) is 4.99 Å². The van der Waals surface area contributed by atoms with Gasteiger partial charge in [-0.2, -0.15) is 12.6 Å². The first-order valence-electron chi connectivity index (χ1n) is 5.76. The zero-order valence-electron chi connectivity index (χ0n) is 10.9. The molecule has 0 N–H and O–H groups in total. The predicted molar refractivity (Wildman–Crippen MR) is 82.5 cm³/mol. The van der Waals surface area contributed by atoms with E-state index in [1.54, 1.807) is 0 Å². The van der Waals surface area contributed by atoms with Gasteiger partial charge in [0.25, 0.3) is 0 Å². The van der Waals surface area contributed by atoms with Gasteiger partial charge in [0.15, 0.2) is 0 Å². The topological polar surface area (TPSA) is 47.9 Å². The number of aliphatic imine (C=N–C) groups is 1. The minimum absolute atomic E-state index is 0.217. The number of nitrogens with zero attached hydrogens (tertiary/aromatic N) is 2. The van der Waals surface area contributed by atoms with Crippen molar-refractivity contribution < 1.29 is 9.84 Å². The van der Waals surface area contributed by atoms with Crippen LogP contribution in [-0.2, 0) is 4.74 Å². The highest BCUT2D eigenvalue weighted by Crippen LogP contribution is 2.24. The van der Waals surface area contributed by atoms with Crippen LogP contribution in [0, 0.1) is 0 Å². The molecule has 0 aromatic rings. The zero-order chi connectivity index (χ0) is 13.8. The Bertz CT molecular complexity index is 329. The molecule has 18 heavy (non-hydrogen) atoms. The molecule has 0 aliphatic carbocycles. The van der Waals surface area contributed by atoms with Crippen LogP contribution in [0.25, 0.3) is 0 Å². The highest BCUT2D eigenvalue weighted by atomic mass is 32.2. The second kappa shape index (κ2) is 6.86. The van der Waals surface area contributed by atoms with Crippen molar-refractivity contribution >= 4 is 47.7 Å². The van der Waals surface area contributed by atoms with E-state index in [0.717, 1.165) is 18.1 Å². The molecule has 0 spiro atoms. The summed E-state index contributed by atoms with van der Waals surface area (Å²) in [6, 6.07) is 0. The lowest BCUT2D eigenvalue weighted by Crippen LogP contribution is -2.37. The second-order valence-corrected chi connectivity index (χ2v) is 7.01. The summed E-state index contributed by atoms with van der Waals surface area (Å²) >= 11 is 11.4. The van der Waals surface area contributed by atoms with Crippen molar-refractivity contribution in [3.8, 4) is 0 Å². The van der Waals surface area contributed by atoms with Crippen LogP contribution < -0.4 is 5.11 Å². The molecule has 104 valence electrons. The van der Waals surface area contributed by atoms with E-state index >= 15 is 0 Å². The Labute approximate surface area is 124 Å². The van der Waals surface area contributed by atoms with E-state index in [1.807, 2.05) is 32.5 Å². The summed E-state index contributed by atoms with van der Waals surface area (Å²) in [6.07, 6.45) is -0.556. The largest absolute Gasteiger partial charge is 0.595 e. The van der Waals surface area contributed by atoms with Gasteiger partial charge in [0.05, 0.1) is 11.9 Å². The van der Waals surface area contributed by atoms with Crippen molar-refractivity contribution in [3.05, 3.63) is 0 Å². The molecule has 1 fully saturated rings. The van der Waals surface area contributed by atoms with E-state index in [-0.39, 0.29) is 6.54 Å². The lowest BCUT2D eigenvalue weighted by molar-refractivity contribution is -0.260. The van der Waals surface area contributed by atoms with Gasteiger partial charge in [0, 0.05) is 23.7 Å². The van der Waals surface area contributed by atoms with Crippen LogP contribution in [0.4, 0.5) is 0 Å². The number of ether oxygens (including phenoxy) is 1. The van der Waals surface area contributed by atoms with Crippen molar-refractivity contribution in [1.82, 2.24) is 4.90 Å². The maximum atomic E-state index is 11.4. The third-order valence-electron chi connectivity index (χ3n) is 2.20. The summed E-state index contributed by atoms with van der Waals surface area (Å²) in [6.45, 7) is 6.56. The Morgan fingerprint density at radius 1 is 1.61 bits per heavy atom. The monoisotopic (exact) mass is 307 g/mol. The van der Waals surface area contributed by atoms with Gasteiger partial charge in [-0.25, -0.2) is 0 Å². The highest BCUT2D eigenvalue weighted by Gasteiger charge is 2.25. The molecule has 0 bridgehead atoms. The van der Waals surface area contributed by atoms with Crippen LogP contribution in [0.5, 0.6) is 0 Å². The van der Waals surface area contributed by atoms with Crippen LogP contribution in [0.2, 0.25) is 0 Å². The molecule has 7 heteroatoms. The molecule has 1 heterocycles. The van der Waals surface area contributed by atoms with Gasteiger partial charge in [-0.15, -0.1) is 11.8 Å². The van der Waals surface area contributed by atoms with Crippen LogP contribution in [0.1, 0.15) is 20.8 Å². The van der Waals surface area contributed by atoms with Gasteiger partial charge in [-0.3, -0.25) is 4.99 Å². The van der Waals surface area contributed by atoms with Gasteiger partial charge in [0.1, 0.15) is 11.1 Å². The molecule has 0 radical (unpaired) electrons. The quantitative estimate of drug-likeness (QED) is 0.367. The minimum Gasteiger partial charge on any atom is -0.595 e. The third kappa shape index (κ3) is 5.24. The number of hydrogen-bond acceptors (Lipinski definition) is 6. The van der Waals surface area contributed by atoms with Crippen molar-refractivity contribution in [3.63, 3.8) is 0 Å². The molecule has 1 rings (SSSR count). The van der Waals surface area contributed by atoms with E-state index in [9.17, 15) is 5.11 Å². The molecule has 1 aliphatic rings. The van der Waals surface area contributed by atoms with Gasteiger partial charge >= 0.3 is 0 Å². The molecule has 1 atom stereocenters. The Morgan fingerprint density at radius 3 is 2.83 bits per heavy atom. The molecule has 4 nitrogen and oxygen atoms in total. The summed E-state index contributed by atoms with van der Waals surface area (Å²) in [4.78, 5) is 6.61. The van der Waals surface area contributed by atoms with Crippen molar-refractivity contribution in [2.45, 2.75) is 31.7 Å². The summed E-state index contributed by atoms with van der Waals surface area (Å²) in [5, 5.41) is 11.7. The predicted octanol–water partition coefficient (Wildman–Crippen LogP) is 1.15. The third-order valence-corrected chi connectivity index (χ3v) is 4.38. The van der Waals surface area contributed by atoms with Crippen LogP contribution in [0.15, 0.2) is 4.99 Å². The smallest absolute Gasteiger partial charge is 0.146 e. The molecule has 1 saturated heterocycles. The van der Waals surface area contributed by atoms with E-state index in [1.165, 1.54) is 0 Å². The van der Waals surface area contributed by atoms with Crippen LogP contribution in [0.3, 0.4) is 0 Å². The Hall–Kier alpha value is -0.140. The summed E-state index contributed by atoms with van der Waals surface area (Å²) in [5.74, 6) is 1.79. The fourth-order valence-electron chi connectivity index (χ4n) is 1.47. The second-order valence-electron chi connectivity index (χ2n) is 4.89. The van der Waals surface area contributed by atoms with Gasteiger partial charge < -0.3 is 14.7 Å². The highest BCUT2D eigenvalue weighted by molar-refractivity contribution is 8.00. The molecule has 0 saturated carbocycles. The standard InChI is InChI=1S/C11H20N2O2S3/c1-11(2,3)15-10(14)12-6-8(17)13-4-5-18-9(13)7-16/h9,16H,4-7H2,1-3H3,(H,12,14)/p-1. The maximum Gasteiger partial charge on any atom is 0.146 e. The summed E-state index contributed by atoms with van der Waals surface area (Å²) in [5.41, 5.74) is -0.515. The van der Waals surface area contributed by atoms with Crippen LogP contribution >= 0.6 is 36.6 Å². The molecule has 0 aromatic carbocycles. The number of thiol groups is 1. The SMILES string of the molecule is CC(C)(C)OC([O-])=NCC(=S)N1CCSC1CS. The van der Waals surface area contributed by atoms with E-state index < -0.39 is 11.7 Å². The van der Waals surface area contributed by atoms with E-state index in [0.29, 0.717) is 10.4 Å². The fraction of sp³-hybridized carbons (Fsp3) is 0.818. The molecule has 0 aromatic heterocycles. The normalized spacial score (nSPS) is 21.2. The number of thiocarbonyl (C=S) groups is 1. The molecule has 0 amide bonds. The lowest BCUT2D eigenvalue weighted by atomic mass is 10.2. The number of rotatable bonds is 3. The fourth-order valence-corrected chi connectivity index (χ4v) is 3.43. The lowest BCUT2D eigenvalue weighted by Gasteiger charge is -2.30. The Balaban J connectivity index is 2.47. The summed E-state index contributed by atoms with van der Waals surface area (Å²) < 4.78 is 5.10. The van der Waals surface area contributed by atoms with Crippen molar-refractivity contribution in [1.29, 1.82) is 0 Å². The first kappa shape index (κ1) is 15.9. The average Bonchev–Trinajstić information content (AvgIpc) is 2.71. The molecular weight excluding hydrogens is 288 g/mol. The zero-order valence-corrected chi connectivity index (χ0v) is 13.4. The van der Waals surface area contributed by atoms with Gasteiger partial charge in [-0.1, -0.05) is 33.0 Å². The van der Waals surface area contributed by atoms with Crippen LogP contribution in [-0.4, -0.2) is 51.5 Å². The minimum atomic E-state index is -0.556. The Kier molecular flexibility index (Phi) is 6.07. The van der Waals surface area contributed by atoms with Gasteiger partial charge in [-0.05, 0) is 0 Å². The molecule has 1 unspecified atom stereocenters. The Morgan fingerprint density at radius 2 is 2.28 bits per heavy atom. The maximum absolute atomic E-state index is 11.4. The average molecular weight is 307 g/mol. The first-order chi connectivity index (χ1) is 8.33. The molecular formula is C11H19N2O2S3-. The van der Waals surface area contributed by atoms with E-state index in [4.69, 9.17) is 17.0 Å². The number of thioether (sulfide) groups is 1. The van der Waals surface area contributed by atoms with Gasteiger partial charge in [0.2, 0.25) is 0 Å². The summed E-state index contributed by atoms with van der Waals surface area (Å²) in [7, 11) is 0. The van der Waals surface area contributed by atoms with Crippen molar-refractivity contribution in [2.75, 3.05) is 24.6 Å². The number of hydrogen-bond donors (Lipinski definition) is 1. The molecule has 1 aliphatic heterocycles. The first-order valence-corrected chi connectivity index (χ1v) is 7.85. The van der Waals surface area contributed by atoms with E-state index in [2.05, 4.69) is 22.5 Å².